The summed E-state index contributed by atoms with van der Waals surface area (Å²) in [6.45, 7) is 0. The predicted octanol–water partition coefficient (Wildman–Crippen LogP) is 4.37. The Bertz CT molecular complexity index is 1080. The van der Waals surface area contributed by atoms with E-state index < -0.39 is 0 Å². The van der Waals surface area contributed by atoms with Crippen molar-refractivity contribution in [2.45, 2.75) is 6.42 Å². The summed E-state index contributed by atoms with van der Waals surface area (Å²) in [5.74, 6) is 0.859. The zero-order valence-electron chi connectivity index (χ0n) is 14.6. The maximum absolute atomic E-state index is 9.36. The molecule has 5 nitrogen and oxygen atoms in total. The van der Waals surface area contributed by atoms with Crippen LogP contribution in [0.15, 0.2) is 84.0 Å². The van der Waals surface area contributed by atoms with Gasteiger partial charge in [0.2, 0.25) is 0 Å². The summed E-state index contributed by atoms with van der Waals surface area (Å²) in [5.41, 5.74) is 7.57. The lowest BCUT2D eigenvalue weighted by atomic mass is 10.1. The van der Waals surface area contributed by atoms with Crippen LogP contribution in [0.3, 0.4) is 0 Å². The van der Waals surface area contributed by atoms with Crippen LogP contribution in [-0.4, -0.2) is 21.3 Å². The van der Waals surface area contributed by atoms with Crippen LogP contribution in [0.4, 0.5) is 5.82 Å². The van der Waals surface area contributed by atoms with Crippen LogP contribution in [-0.2, 0) is 6.42 Å². The highest BCUT2D eigenvalue weighted by molar-refractivity contribution is 5.81. The summed E-state index contributed by atoms with van der Waals surface area (Å²) in [6.07, 6.45) is 2.35. The maximum Gasteiger partial charge on any atom is 0.169 e. The summed E-state index contributed by atoms with van der Waals surface area (Å²) in [6, 6.07) is 24.8. The molecule has 0 spiro atoms. The van der Waals surface area contributed by atoms with Crippen LogP contribution in [0.5, 0.6) is 5.75 Å². The number of nitrogens with zero attached hydrogens (tertiary/aromatic N) is 3. The molecule has 4 rings (SSSR count). The minimum Gasteiger partial charge on any atom is -0.508 e. The number of phenolic OH excluding ortho intramolecular Hbond substituents is 1. The fourth-order valence-corrected chi connectivity index (χ4v) is 2.77. The van der Waals surface area contributed by atoms with Gasteiger partial charge in [0.05, 0.1) is 22.9 Å². The first-order valence-corrected chi connectivity index (χ1v) is 8.66. The van der Waals surface area contributed by atoms with Gasteiger partial charge in [-0.2, -0.15) is 5.10 Å². The molecule has 27 heavy (non-hydrogen) atoms. The van der Waals surface area contributed by atoms with Gasteiger partial charge in [0.1, 0.15) is 5.75 Å². The third-order valence-electron chi connectivity index (χ3n) is 4.13. The Morgan fingerprint density at radius 2 is 1.48 bits per heavy atom. The highest BCUT2D eigenvalue weighted by atomic mass is 16.3. The van der Waals surface area contributed by atoms with E-state index in [2.05, 4.69) is 27.6 Å². The summed E-state index contributed by atoms with van der Waals surface area (Å²) < 4.78 is 0. The van der Waals surface area contributed by atoms with Crippen LogP contribution in [0.1, 0.15) is 16.8 Å². The molecule has 4 aromatic rings. The maximum atomic E-state index is 9.36. The molecule has 1 aromatic heterocycles. The minimum absolute atomic E-state index is 0.227. The summed E-state index contributed by atoms with van der Waals surface area (Å²) in [7, 11) is 0. The molecule has 2 N–H and O–H groups in total. The quantitative estimate of drug-likeness (QED) is 0.412. The van der Waals surface area contributed by atoms with Crippen molar-refractivity contribution in [3.63, 3.8) is 0 Å². The molecule has 0 atom stereocenters. The second kappa shape index (κ2) is 7.66. The molecule has 0 aliphatic heterocycles. The topological polar surface area (TPSA) is 70.4 Å². The molecule has 132 valence electrons. The predicted molar refractivity (Wildman–Crippen MR) is 108 cm³/mol. The van der Waals surface area contributed by atoms with Gasteiger partial charge in [0, 0.05) is 6.42 Å². The molecular formula is C22H18N4O. The van der Waals surface area contributed by atoms with E-state index in [9.17, 15) is 5.11 Å². The van der Waals surface area contributed by atoms with Gasteiger partial charge in [-0.05, 0) is 47.5 Å². The van der Waals surface area contributed by atoms with E-state index in [0.717, 1.165) is 27.9 Å². The highest BCUT2D eigenvalue weighted by Gasteiger charge is 2.09. The van der Waals surface area contributed by atoms with Crippen molar-refractivity contribution in [2.75, 3.05) is 5.43 Å². The highest BCUT2D eigenvalue weighted by Crippen LogP contribution is 2.20. The lowest BCUT2D eigenvalue weighted by Gasteiger charge is -2.09. The molecule has 0 aliphatic rings. The Hall–Kier alpha value is -3.73. The number of hydrogen-bond donors (Lipinski definition) is 2. The van der Waals surface area contributed by atoms with E-state index in [0.29, 0.717) is 12.2 Å². The van der Waals surface area contributed by atoms with Crippen molar-refractivity contribution in [2.24, 2.45) is 5.10 Å². The minimum atomic E-state index is 0.227. The smallest absolute Gasteiger partial charge is 0.169 e. The van der Waals surface area contributed by atoms with E-state index in [1.807, 2.05) is 42.5 Å². The summed E-state index contributed by atoms with van der Waals surface area (Å²) in [4.78, 5) is 9.47. The van der Waals surface area contributed by atoms with Gasteiger partial charge < -0.3 is 5.11 Å². The molecule has 0 fully saturated rings. The van der Waals surface area contributed by atoms with Crippen molar-refractivity contribution >= 4 is 23.1 Å². The number of phenols is 1. The number of fused-ring (bicyclic) bond motifs is 1. The Morgan fingerprint density at radius 3 is 2.22 bits per heavy atom. The SMILES string of the molecule is Oc1ccc(/C=N\Nc2nc3ccccc3nc2Cc2ccccc2)cc1. The second-order valence-corrected chi connectivity index (χ2v) is 6.13. The molecule has 0 saturated carbocycles. The molecule has 0 aliphatic carbocycles. The normalized spacial score (nSPS) is 11.1. The third-order valence-corrected chi connectivity index (χ3v) is 4.13. The van der Waals surface area contributed by atoms with Gasteiger partial charge in [-0.3, -0.25) is 5.43 Å². The summed E-state index contributed by atoms with van der Waals surface area (Å²) in [5, 5.41) is 13.7. The van der Waals surface area contributed by atoms with Crippen LogP contribution >= 0.6 is 0 Å². The number of para-hydroxylation sites is 2. The number of nitrogens with one attached hydrogen (secondary N) is 1. The summed E-state index contributed by atoms with van der Waals surface area (Å²) >= 11 is 0. The van der Waals surface area contributed by atoms with Crippen molar-refractivity contribution < 1.29 is 5.11 Å². The average Bonchev–Trinajstić information content (AvgIpc) is 2.70. The fraction of sp³-hybridized carbons (Fsp3) is 0.0455. The lowest BCUT2D eigenvalue weighted by Crippen LogP contribution is -2.03. The Kier molecular flexibility index (Phi) is 4.74. The van der Waals surface area contributed by atoms with Crippen molar-refractivity contribution in [3.8, 4) is 5.75 Å². The number of aromatic nitrogens is 2. The van der Waals surface area contributed by atoms with Gasteiger partial charge in [0.25, 0.3) is 0 Å². The zero-order chi connectivity index (χ0) is 18.5. The van der Waals surface area contributed by atoms with E-state index in [1.54, 1.807) is 30.5 Å². The number of aromatic hydroxyl groups is 1. The molecule has 0 unspecified atom stereocenters. The van der Waals surface area contributed by atoms with Crippen LogP contribution in [0.2, 0.25) is 0 Å². The molecule has 0 bridgehead atoms. The fourth-order valence-electron chi connectivity index (χ4n) is 2.77. The standard InChI is InChI=1S/C22H18N4O/c27-18-12-10-17(11-13-18)15-23-26-22-21(14-16-6-2-1-3-7-16)24-19-8-4-5-9-20(19)25-22/h1-13,15,27H,14H2,(H,25,26)/b23-15-. The first kappa shape index (κ1) is 16.7. The van der Waals surface area contributed by atoms with E-state index >= 15 is 0 Å². The monoisotopic (exact) mass is 354 g/mol. The molecule has 3 aromatic carbocycles. The van der Waals surface area contributed by atoms with E-state index in [1.165, 1.54) is 0 Å². The number of rotatable bonds is 5. The number of hydrogen-bond acceptors (Lipinski definition) is 5. The van der Waals surface area contributed by atoms with E-state index in [4.69, 9.17) is 4.98 Å². The average molecular weight is 354 g/mol. The number of hydrazone groups is 1. The molecule has 5 heteroatoms. The molecule has 0 amide bonds. The van der Waals surface area contributed by atoms with Gasteiger partial charge in [-0.15, -0.1) is 0 Å². The molecule has 1 heterocycles. The first-order chi connectivity index (χ1) is 13.3. The van der Waals surface area contributed by atoms with Crippen LogP contribution < -0.4 is 5.43 Å². The largest absolute Gasteiger partial charge is 0.508 e. The van der Waals surface area contributed by atoms with Gasteiger partial charge >= 0.3 is 0 Å². The van der Waals surface area contributed by atoms with Crippen molar-refractivity contribution in [1.29, 1.82) is 0 Å². The van der Waals surface area contributed by atoms with Gasteiger partial charge in [0.15, 0.2) is 5.82 Å². The number of benzene rings is 3. The molecule has 0 saturated heterocycles. The van der Waals surface area contributed by atoms with Gasteiger partial charge in [-0.25, -0.2) is 9.97 Å². The zero-order valence-corrected chi connectivity index (χ0v) is 14.6. The molecular weight excluding hydrogens is 336 g/mol. The van der Waals surface area contributed by atoms with Crippen LogP contribution in [0.25, 0.3) is 11.0 Å². The van der Waals surface area contributed by atoms with E-state index in [-0.39, 0.29) is 5.75 Å². The number of anilines is 1. The lowest BCUT2D eigenvalue weighted by molar-refractivity contribution is 0.475. The Morgan fingerprint density at radius 1 is 0.815 bits per heavy atom. The molecule has 0 radical (unpaired) electrons. The first-order valence-electron chi connectivity index (χ1n) is 8.66. The van der Waals surface area contributed by atoms with Crippen LogP contribution in [0, 0.1) is 0 Å². The van der Waals surface area contributed by atoms with Gasteiger partial charge in [-0.1, -0.05) is 42.5 Å². The Balaban J connectivity index is 1.64. The third kappa shape index (κ3) is 4.10. The Labute approximate surface area is 157 Å². The van der Waals surface area contributed by atoms with Crippen molar-refractivity contribution in [1.82, 2.24) is 9.97 Å². The van der Waals surface area contributed by atoms with Crippen molar-refractivity contribution in [3.05, 3.63) is 95.7 Å². The second-order valence-electron chi connectivity index (χ2n) is 6.13.